The van der Waals surface area contributed by atoms with Crippen LogP contribution < -0.4 is 16.0 Å². The number of hydrogen-bond donors (Lipinski definition) is 3. The largest absolute Gasteiger partial charge is 0.380 e. The van der Waals surface area contributed by atoms with Crippen LogP contribution in [0.2, 0.25) is 0 Å². The third-order valence-electron chi connectivity index (χ3n) is 5.99. The molecular formula is C33H54N4O7. The molecule has 1 heterocycles. The Bertz CT molecular complexity index is 1040. The number of allylic oxidation sites excluding steroid dienone is 4. The van der Waals surface area contributed by atoms with Gasteiger partial charge in [-0.15, -0.1) is 0 Å². The smallest absolute Gasteiger partial charge is 0.253 e. The molecule has 248 valence electrons. The van der Waals surface area contributed by atoms with Crippen molar-refractivity contribution in [3.8, 4) is 0 Å². The summed E-state index contributed by atoms with van der Waals surface area (Å²) in [6, 6.07) is 0. The third kappa shape index (κ3) is 18.2. The van der Waals surface area contributed by atoms with Crippen LogP contribution in [0.3, 0.4) is 0 Å². The molecule has 0 aromatic heterocycles. The van der Waals surface area contributed by atoms with Gasteiger partial charge in [-0.25, -0.2) is 0 Å². The Morgan fingerprint density at radius 3 is 1.91 bits per heavy atom. The number of rotatable bonds is 20. The standard InChI is InChI=1S/C31H48N4O7.C2H6/c1-7-9-11-24(10-8-2)29(40)34-20-30(3,4)21-42-23-31(5,6)22-41-19-17-33-26(37)13-12-25(36)32-16-18-35-27(38)14-15-28(35)39;1-2/h7-11,14-15H,12-13,16-23H2,1-6H3,(H,32,36)(H,33,37)(H,34,40);1-2H3/b9-7-,10-8-,24-11+;. The van der Waals surface area contributed by atoms with Crippen LogP contribution in [0.1, 0.15) is 68.2 Å². The number of imide groups is 1. The fourth-order valence-corrected chi connectivity index (χ4v) is 3.68. The van der Waals surface area contributed by atoms with Crippen LogP contribution in [-0.4, -0.2) is 87.0 Å². The molecule has 0 spiro atoms. The van der Waals surface area contributed by atoms with Crippen molar-refractivity contribution in [1.82, 2.24) is 20.9 Å². The van der Waals surface area contributed by atoms with E-state index in [-0.39, 0.29) is 54.5 Å². The molecule has 0 bridgehead atoms. The number of nitrogens with zero attached hydrogens (tertiary/aromatic N) is 1. The summed E-state index contributed by atoms with van der Waals surface area (Å²) >= 11 is 0. The van der Waals surface area contributed by atoms with Crippen molar-refractivity contribution in [2.75, 3.05) is 52.6 Å². The lowest BCUT2D eigenvalue weighted by atomic mass is 9.93. The average Bonchev–Trinajstić information content (AvgIpc) is 3.30. The van der Waals surface area contributed by atoms with Gasteiger partial charge in [-0.3, -0.25) is 28.9 Å². The highest BCUT2D eigenvalue weighted by atomic mass is 16.5. The summed E-state index contributed by atoms with van der Waals surface area (Å²) in [6.45, 7) is 18.6. The molecule has 0 saturated carbocycles. The minimum absolute atomic E-state index is 0.00108. The molecule has 0 radical (unpaired) electrons. The fourth-order valence-electron chi connectivity index (χ4n) is 3.68. The lowest BCUT2D eigenvalue weighted by Gasteiger charge is -2.29. The van der Waals surface area contributed by atoms with Crippen molar-refractivity contribution in [3.63, 3.8) is 0 Å². The molecule has 0 aliphatic carbocycles. The number of ether oxygens (including phenoxy) is 2. The van der Waals surface area contributed by atoms with E-state index in [9.17, 15) is 24.0 Å². The minimum atomic E-state index is -0.402. The monoisotopic (exact) mass is 618 g/mol. The van der Waals surface area contributed by atoms with Crippen LogP contribution in [0.25, 0.3) is 0 Å². The summed E-state index contributed by atoms with van der Waals surface area (Å²) in [5.74, 6) is -1.54. The van der Waals surface area contributed by atoms with Crippen molar-refractivity contribution >= 4 is 29.5 Å². The Morgan fingerprint density at radius 2 is 1.34 bits per heavy atom. The molecule has 0 unspecified atom stereocenters. The molecule has 0 aromatic carbocycles. The van der Waals surface area contributed by atoms with E-state index in [4.69, 9.17) is 9.47 Å². The van der Waals surface area contributed by atoms with Gasteiger partial charge in [-0.2, -0.15) is 0 Å². The van der Waals surface area contributed by atoms with Gasteiger partial charge in [0.05, 0.1) is 26.4 Å². The van der Waals surface area contributed by atoms with Gasteiger partial charge < -0.3 is 25.4 Å². The molecule has 11 nitrogen and oxygen atoms in total. The number of carbonyl (C=O) groups excluding carboxylic acids is 5. The average molecular weight is 619 g/mol. The second kappa shape index (κ2) is 22.0. The summed E-state index contributed by atoms with van der Waals surface area (Å²) in [6.07, 6.45) is 11.5. The predicted octanol–water partition coefficient (Wildman–Crippen LogP) is 3.23. The second-order valence-electron chi connectivity index (χ2n) is 11.6. The quantitative estimate of drug-likeness (QED) is 0.0823. The first-order valence-corrected chi connectivity index (χ1v) is 15.3. The number of amides is 5. The van der Waals surface area contributed by atoms with Crippen LogP contribution in [0.5, 0.6) is 0 Å². The van der Waals surface area contributed by atoms with E-state index in [1.807, 2.05) is 73.6 Å². The van der Waals surface area contributed by atoms with Gasteiger partial charge in [0.1, 0.15) is 0 Å². The Hall–Kier alpha value is -3.57. The van der Waals surface area contributed by atoms with E-state index >= 15 is 0 Å². The molecule has 44 heavy (non-hydrogen) atoms. The van der Waals surface area contributed by atoms with Crippen molar-refractivity contribution in [2.45, 2.75) is 68.2 Å². The predicted molar refractivity (Wildman–Crippen MR) is 172 cm³/mol. The Kier molecular flexibility index (Phi) is 20.2. The van der Waals surface area contributed by atoms with E-state index in [1.165, 1.54) is 12.2 Å². The summed E-state index contributed by atoms with van der Waals surface area (Å²) in [5, 5.41) is 8.30. The molecule has 11 heteroatoms. The van der Waals surface area contributed by atoms with Crippen molar-refractivity contribution in [3.05, 3.63) is 48.1 Å². The molecule has 0 saturated heterocycles. The normalized spacial score (nSPS) is 13.8. The maximum absolute atomic E-state index is 12.5. The number of nitrogens with one attached hydrogen (secondary N) is 3. The fraction of sp³-hybridized carbons (Fsp3) is 0.606. The van der Waals surface area contributed by atoms with Gasteiger partial charge in [0.25, 0.3) is 17.7 Å². The van der Waals surface area contributed by atoms with Crippen molar-refractivity contribution in [1.29, 1.82) is 0 Å². The maximum Gasteiger partial charge on any atom is 0.253 e. The molecule has 3 N–H and O–H groups in total. The second-order valence-corrected chi connectivity index (χ2v) is 11.6. The molecule has 0 atom stereocenters. The first kappa shape index (κ1) is 40.4. The van der Waals surface area contributed by atoms with Crippen molar-refractivity contribution in [2.24, 2.45) is 10.8 Å². The van der Waals surface area contributed by atoms with Gasteiger partial charge in [0.15, 0.2) is 0 Å². The Balaban J connectivity index is 0.00000904. The zero-order valence-electron chi connectivity index (χ0n) is 27.9. The SMILES string of the molecule is CC.C\C=C/C=C(\C=C/C)C(=O)NCC(C)(C)COCC(C)(C)COCCNC(=O)CCC(=O)NCCN1C(=O)C=CC1=O. The summed E-state index contributed by atoms with van der Waals surface area (Å²) in [4.78, 5) is 60.4. The Morgan fingerprint density at radius 1 is 0.795 bits per heavy atom. The lowest BCUT2D eigenvalue weighted by molar-refractivity contribution is -0.137. The highest BCUT2D eigenvalue weighted by Gasteiger charge is 2.24. The van der Waals surface area contributed by atoms with E-state index < -0.39 is 11.8 Å². The maximum atomic E-state index is 12.5. The van der Waals surface area contributed by atoms with Gasteiger partial charge in [-0.05, 0) is 19.9 Å². The van der Waals surface area contributed by atoms with Crippen LogP contribution in [0, 0.1) is 10.8 Å². The third-order valence-corrected chi connectivity index (χ3v) is 5.99. The lowest BCUT2D eigenvalue weighted by Crippen LogP contribution is -2.38. The summed E-state index contributed by atoms with van der Waals surface area (Å²) < 4.78 is 11.7. The molecule has 1 aliphatic rings. The topological polar surface area (TPSA) is 143 Å². The van der Waals surface area contributed by atoms with Gasteiger partial charge >= 0.3 is 0 Å². The zero-order valence-corrected chi connectivity index (χ0v) is 27.9. The van der Waals surface area contributed by atoms with Gasteiger partial charge in [0, 0.05) is 67.6 Å². The highest BCUT2D eigenvalue weighted by Crippen LogP contribution is 2.20. The van der Waals surface area contributed by atoms with E-state index in [1.54, 1.807) is 12.2 Å². The van der Waals surface area contributed by atoms with Gasteiger partial charge in [-0.1, -0.05) is 65.8 Å². The van der Waals surface area contributed by atoms with Crippen molar-refractivity contribution < 1.29 is 33.4 Å². The van der Waals surface area contributed by atoms with Crippen LogP contribution in [0.4, 0.5) is 0 Å². The minimum Gasteiger partial charge on any atom is -0.380 e. The molecule has 0 aromatic rings. The van der Waals surface area contributed by atoms with E-state index in [0.717, 1.165) is 4.90 Å². The molecule has 5 amide bonds. The number of hydrogen-bond acceptors (Lipinski definition) is 7. The van der Waals surface area contributed by atoms with Crippen LogP contribution in [0.15, 0.2) is 48.1 Å². The molecule has 1 aliphatic heterocycles. The van der Waals surface area contributed by atoms with Crippen LogP contribution in [-0.2, 0) is 33.4 Å². The summed E-state index contributed by atoms with van der Waals surface area (Å²) in [7, 11) is 0. The first-order chi connectivity index (χ1) is 20.8. The zero-order chi connectivity index (χ0) is 33.6. The Labute approximate surface area is 263 Å². The highest BCUT2D eigenvalue weighted by molar-refractivity contribution is 6.12. The van der Waals surface area contributed by atoms with E-state index in [0.29, 0.717) is 45.1 Å². The molecule has 0 fully saturated rings. The first-order valence-electron chi connectivity index (χ1n) is 15.3. The number of carbonyl (C=O) groups is 5. The van der Waals surface area contributed by atoms with Gasteiger partial charge in [0.2, 0.25) is 11.8 Å². The van der Waals surface area contributed by atoms with E-state index in [2.05, 4.69) is 16.0 Å². The summed E-state index contributed by atoms with van der Waals surface area (Å²) in [5.41, 5.74) is 0.0719. The molecular weight excluding hydrogens is 564 g/mol. The van der Waals surface area contributed by atoms with Crippen LogP contribution >= 0.6 is 0 Å². The molecule has 1 rings (SSSR count).